The fraction of sp³-hybridized carbons (Fsp3) is 0.769. The summed E-state index contributed by atoms with van der Waals surface area (Å²) in [7, 11) is 0. The van der Waals surface area contributed by atoms with Crippen molar-refractivity contribution in [1.29, 1.82) is 0 Å². The van der Waals surface area contributed by atoms with E-state index >= 15 is 0 Å². The molecule has 0 unspecified atom stereocenters. The van der Waals surface area contributed by atoms with Crippen molar-refractivity contribution in [3.63, 3.8) is 0 Å². The van der Waals surface area contributed by atoms with Crippen molar-refractivity contribution in [2.75, 3.05) is 19.7 Å². The molecule has 3 N–H and O–H groups in total. The summed E-state index contributed by atoms with van der Waals surface area (Å²) >= 11 is 0. The monoisotopic (exact) mass is 239 g/mol. The quantitative estimate of drug-likeness (QED) is 0.575. The van der Waals surface area contributed by atoms with E-state index in [-0.39, 0.29) is 12.0 Å². The number of H-pyrrole nitrogens is 1. The molecule has 98 valence electrons. The molecule has 1 rings (SSSR count). The largest absolute Gasteiger partial charge is 0.396 e. The van der Waals surface area contributed by atoms with Crippen molar-refractivity contribution in [1.82, 2.24) is 15.3 Å². The minimum atomic E-state index is 0.0602. The highest BCUT2D eigenvalue weighted by molar-refractivity contribution is 4.87. The molecular formula is C13H25N3O. The maximum atomic E-state index is 9.43. The first-order chi connectivity index (χ1) is 8.26. The molecule has 4 nitrogen and oxygen atoms in total. The van der Waals surface area contributed by atoms with Gasteiger partial charge in [0.2, 0.25) is 0 Å². The van der Waals surface area contributed by atoms with Gasteiger partial charge in [-0.15, -0.1) is 0 Å². The smallest absolute Gasteiger partial charge is 0.106 e. The van der Waals surface area contributed by atoms with Crippen LogP contribution in [-0.2, 0) is 6.42 Å². The summed E-state index contributed by atoms with van der Waals surface area (Å²) in [5.41, 5.74) is 0.0602. The standard InChI is InChI=1S/C13H25N3O/c1-3-13(4-2,11-17)10-14-7-5-6-12-15-8-9-16-12/h8-9,14,17H,3-7,10-11H2,1-2H3,(H,15,16). The van der Waals surface area contributed by atoms with Gasteiger partial charge in [-0.2, -0.15) is 0 Å². The molecule has 1 heterocycles. The maximum Gasteiger partial charge on any atom is 0.106 e. The molecule has 0 atom stereocenters. The zero-order valence-electron chi connectivity index (χ0n) is 11.0. The van der Waals surface area contributed by atoms with Crippen LogP contribution in [0.4, 0.5) is 0 Å². The number of aliphatic hydroxyl groups excluding tert-OH is 1. The van der Waals surface area contributed by atoms with E-state index in [4.69, 9.17) is 0 Å². The van der Waals surface area contributed by atoms with Crippen LogP contribution in [0.15, 0.2) is 12.4 Å². The van der Waals surface area contributed by atoms with Crippen LogP contribution in [0.2, 0.25) is 0 Å². The summed E-state index contributed by atoms with van der Waals surface area (Å²) in [6, 6.07) is 0. The summed E-state index contributed by atoms with van der Waals surface area (Å²) in [4.78, 5) is 7.29. The number of hydrogen-bond acceptors (Lipinski definition) is 3. The number of rotatable bonds is 9. The molecule has 1 aromatic heterocycles. The summed E-state index contributed by atoms with van der Waals surface area (Å²) in [5, 5.41) is 12.9. The van der Waals surface area contributed by atoms with Gasteiger partial charge in [0.05, 0.1) is 0 Å². The lowest BCUT2D eigenvalue weighted by Crippen LogP contribution is -2.37. The van der Waals surface area contributed by atoms with E-state index in [0.717, 1.165) is 44.6 Å². The van der Waals surface area contributed by atoms with Gasteiger partial charge in [0, 0.05) is 37.4 Å². The highest BCUT2D eigenvalue weighted by Crippen LogP contribution is 2.24. The summed E-state index contributed by atoms with van der Waals surface area (Å²) < 4.78 is 0. The Morgan fingerprint density at radius 2 is 2.18 bits per heavy atom. The second-order valence-corrected chi connectivity index (χ2v) is 4.68. The van der Waals surface area contributed by atoms with E-state index in [1.165, 1.54) is 0 Å². The van der Waals surface area contributed by atoms with E-state index < -0.39 is 0 Å². The van der Waals surface area contributed by atoms with Gasteiger partial charge in [0.15, 0.2) is 0 Å². The zero-order chi connectivity index (χ0) is 12.6. The van der Waals surface area contributed by atoms with Crippen LogP contribution in [0.25, 0.3) is 0 Å². The number of aromatic nitrogens is 2. The van der Waals surface area contributed by atoms with Gasteiger partial charge in [-0.05, 0) is 25.8 Å². The van der Waals surface area contributed by atoms with Gasteiger partial charge >= 0.3 is 0 Å². The number of aryl methyl sites for hydroxylation is 1. The van der Waals surface area contributed by atoms with Crippen molar-refractivity contribution in [2.45, 2.75) is 39.5 Å². The number of aromatic amines is 1. The molecule has 17 heavy (non-hydrogen) atoms. The highest BCUT2D eigenvalue weighted by atomic mass is 16.3. The van der Waals surface area contributed by atoms with Crippen molar-refractivity contribution in [3.8, 4) is 0 Å². The van der Waals surface area contributed by atoms with Gasteiger partial charge in [-0.25, -0.2) is 4.98 Å². The highest BCUT2D eigenvalue weighted by Gasteiger charge is 2.24. The molecule has 0 saturated heterocycles. The lowest BCUT2D eigenvalue weighted by Gasteiger charge is -2.29. The van der Waals surface area contributed by atoms with Gasteiger partial charge in [-0.1, -0.05) is 13.8 Å². The summed E-state index contributed by atoms with van der Waals surface area (Å²) in [6.45, 7) is 6.43. The lowest BCUT2D eigenvalue weighted by atomic mass is 9.83. The topological polar surface area (TPSA) is 60.9 Å². The van der Waals surface area contributed by atoms with Crippen LogP contribution in [0, 0.1) is 5.41 Å². The Morgan fingerprint density at radius 3 is 2.71 bits per heavy atom. The van der Waals surface area contributed by atoms with Gasteiger partial charge in [0.1, 0.15) is 5.82 Å². The first-order valence-electron chi connectivity index (χ1n) is 6.56. The molecule has 0 radical (unpaired) electrons. The number of nitrogens with one attached hydrogen (secondary N) is 2. The third-order valence-electron chi connectivity index (χ3n) is 3.66. The SMILES string of the molecule is CCC(CC)(CO)CNCCCc1ncc[nH]1. The molecule has 0 aliphatic carbocycles. The van der Waals surface area contributed by atoms with Gasteiger partial charge in [-0.3, -0.25) is 0 Å². The fourth-order valence-electron chi connectivity index (χ4n) is 1.95. The van der Waals surface area contributed by atoms with Crippen LogP contribution in [0.1, 0.15) is 38.9 Å². The van der Waals surface area contributed by atoms with Crippen LogP contribution >= 0.6 is 0 Å². The van der Waals surface area contributed by atoms with Gasteiger partial charge in [0.25, 0.3) is 0 Å². The first kappa shape index (κ1) is 14.2. The molecular weight excluding hydrogens is 214 g/mol. The number of nitrogens with zero attached hydrogens (tertiary/aromatic N) is 1. The number of aliphatic hydroxyl groups is 1. The van der Waals surface area contributed by atoms with Crippen molar-refractivity contribution >= 4 is 0 Å². The summed E-state index contributed by atoms with van der Waals surface area (Å²) in [6.07, 6.45) is 7.73. The molecule has 0 aromatic carbocycles. The number of imidazole rings is 1. The molecule has 0 aliphatic heterocycles. The third kappa shape index (κ3) is 4.48. The van der Waals surface area contributed by atoms with E-state index in [2.05, 4.69) is 29.1 Å². The minimum Gasteiger partial charge on any atom is -0.396 e. The Labute approximate surface area is 104 Å². The maximum absolute atomic E-state index is 9.43. The molecule has 0 spiro atoms. The molecule has 0 saturated carbocycles. The minimum absolute atomic E-state index is 0.0602. The second-order valence-electron chi connectivity index (χ2n) is 4.68. The van der Waals surface area contributed by atoms with E-state index in [0.29, 0.717) is 0 Å². The van der Waals surface area contributed by atoms with E-state index in [1.54, 1.807) is 6.20 Å². The summed E-state index contributed by atoms with van der Waals surface area (Å²) in [5.74, 6) is 1.05. The Kier molecular flexibility index (Phi) is 6.22. The number of hydrogen-bond donors (Lipinski definition) is 3. The van der Waals surface area contributed by atoms with Crippen LogP contribution in [0.5, 0.6) is 0 Å². The van der Waals surface area contributed by atoms with Crippen LogP contribution < -0.4 is 5.32 Å². The van der Waals surface area contributed by atoms with Gasteiger partial charge < -0.3 is 15.4 Å². The van der Waals surface area contributed by atoms with Crippen LogP contribution in [-0.4, -0.2) is 34.8 Å². The van der Waals surface area contributed by atoms with Crippen LogP contribution in [0.3, 0.4) is 0 Å². The van der Waals surface area contributed by atoms with E-state index in [9.17, 15) is 5.11 Å². The molecule has 0 fully saturated rings. The Bertz CT molecular complexity index is 273. The predicted molar refractivity (Wildman–Crippen MR) is 69.9 cm³/mol. The second kappa shape index (κ2) is 7.45. The Morgan fingerprint density at radius 1 is 1.41 bits per heavy atom. The Balaban J connectivity index is 2.14. The fourth-order valence-corrected chi connectivity index (χ4v) is 1.95. The molecule has 0 amide bonds. The third-order valence-corrected chi connectivity index (χ3v) is 3.66. The zero-order valence-corrected chi connectivity index (χ0v) is 11.0. The normalized spacial score (nSPS) is 11.9. The Hall–Kier alpha value is -0.870. The molecule has 0 bridgehead atoms. The predicted octanol–water partition coefficient (Wildman–Crippen LogP) is 1.73. The van der Waals surface area contributed by atoms with E-state index in [1.807, 2.05) is 6.20 Å². The van der Waals surface area contributed by atoms with Crippen molar-refractivity contribution in [3.05, 3.63) is 18.2 Å². The lowest BCUT2D eigenvalue weighted by molar-refractivity contribution is 0.113. The molecule has 4 heteroatoms. The first-order valence-corrected chi connectivity index (χ1v) is 6.56. The molecule has 1 aromatic rings. The van der Waals surface area contributed by atoms with Crippen molar-refractivity contribution < 1.29 is 5.11 Å². The molecule has 0 aliphatic rings. The average Bonchev–Trinajstić information content (AvgIpc) is 2.88. The average molecular weight is 239 g/mol. The van der Waals surface area contributed by atoms with Crippen molar-refractivity contribution in [2.24, 2.45) is 5.41 Å².